The van der Waals surface area contributed by atoms with E-state index >= 15 is 0 Å². The van der Waals surface area contributed by atoms with E-state index < -0.39 is 12.1 Å². The van der Waals surface area contributed by atoms with Crippen LogP contribution in [-0.2, 0) is 0 Å². The second-order valence-corrected chi connectivity index (χ2v) is 3.38. The first-order valence-electron chi connectivity index (χ1n) is 3.66. The lowest BCUT2D eigenvalue weighted by atomic mass is 10.2. The van der Waals surface area contributed by atoms with Crippen LogP contribution in [0.4, 0.5) is 13.2 Å². The lowest BCUT2D eigenvalue weighted by molar-refractivity contribution is -0.275. The van der Waals surface area contributed by atoms with Gasteiger partial charge in [-0.2, -0.15) is 5.26 Å². The Morgan fingerprint density at radius 1 is 1.53 bits per heavy atom. The average Bonchev–Trinajstić information content (AvgIpc) is 2.07. The number of aromatic nitrogens is 1. The molecular weight excluding hydrogens is 277 g/mol. The summed E-state index contributed by atoms with van der Waals surface area (Å²) < 4.78 is 39.9. The van der Waals surface area contributed by atoms with Crippen LogP contribution >= 0.6 is 15.9 Å². The molecule has 0 radical (unpaired) electrons. The number of hydrogen-bond donors (Lipinski definition) is 0. The summed E-state index contributed by atoms with van der Waals surface area (Å²) in [6.45, 7) is 1.33. The van der Waals surface area contributed by atoms with Crippen LogP contribution in [0.3, 0.4) is 0 Å². The highest BCUT2D eigenvalue weighted by Gasteiger charge is 2.33. The van der Waals surface area contributed by atoms with Gasteiger partial charge < -0.3 is 4.74 Å². The highest BCUT2D eigenvalue weighted by atomic mass is 79.9. The van der Waals surface area contributed by atoms with Crippen LogP contribution in [0.2, 0.25) is 0 Å². The molecule has 0 saturated carbocycles. The summed E-state index contributed by atoms with van der Waals surface area (Å²) in [4.78, 5) is 3.71. The minimum atomic E-state index is -4.83. The SMILES string of the molecule is Cc1nc(Br)cc(C#N)c1OC(F)(F)F. The zero-order valence-electron chi connectivity index (χ0n) is 7.39. The van der Waals surface area contributed by atoms with Crippen molar-refractivity contribution in [1.29, 1.82) is 5.26 Å². The van der Waals surface area contributed by atoms with Gasteiger partial charge in [0.1, 0.15) is 10.7 Å². The maximum atomic E-state index is 12.0. The zero-order valence-corrected chi connectivity index (χ0v) is 8.98. The molecule has 1 rings (SSSR count). The van der Waals surface area contributed by atoms with Gasteiger partial charge in [-0.15, -0.1) is 13.2 Å². The van der Waals surface area contributed by atoms with E-state index in [4.69, 9.17) is 5.26 Å². The Kier molecular flexibility index (Phi) is 3.19. The molecule has 0 aliphatic heterocycles. The largest absolute Gasteiger partial charge is 0.573 e. The lowest BCUT2D eigenvalue weighted by Crippen LogP contribution is -2.19. The smallest absolute Gasteiger partial charge is 0.402 e. The number of nitriles is 1. The summed E-state index contributed by atoms with van der Waals surface area (Å²) in [7, 11) is 0. The summed E-state index contributed by atoms with van der Waals surface area (Å²) in [5, 5.41) is 8.62. The van der Waals surface area contributed by atoms with Crippen LogP contribution in [-0.4, -0.2) is 11.3 Å². The van der Waals surface area contributed by atoms with Crippen molar-refractivity contribution in [2.45, 2.75) is 13.3 Å². The molecule has 0 saturated heterocycles. The highest BCUT2D eigenvalue weighted by Crippen LogP contribution is 2.29. The van der Waals surface area contributed by atoms with Crippen molar-refractivity contribution in [3.05, 3.63) is 21.9 Å². The molecule has 3 nitrogen and oxygen atoms in total. The van der Waals surface area contributed by atoms with E-state index in [1.807, 2.05) is 0 Å². The summed E-state index contributed by atoms with van der Waals surface area (Å²) in [5.74, 6) is -0.562. The van der Waals surface area contributed by atoms with Gasteiger partial charge >= 0.3 is 6.36 Å². The third-order valence-electron chi connectivity index (χ3n) is 1.45. The number of nitrogens with zero attached hydrogens (tertiary/aromatic N) is 2. The van der Waals surface area contributed by atoms with Gasteiger partial charge in [0.15, 0.2) is 5.75 Å². The van der Waals surface area contributed by atoms with Gasteiger partial charge in [-0.3, -0.25) is 0 Å². The van der Waals surface area contributed by atoms with Gasteiger partial charge in [0.05, 0.1) is 11.3 Å². The summed E-state index contributed by atoms with van der Waals surface area (Å²) >= 11 is 2.97. The van der Waals surface area contributed by atoms with Crippen LogP contribution in [0.25, 0.3) is 0 Å². The van der Waals surface area contributed by atoms with Gasteiger partial charge in [-0.1, -0.05) is 0 Å². The van der Waals surface area contributed by atoms with Crippen LogP contribution < -0.4 is 4.74 Å². The van der Waals surface area contributed by atoms with E-state index in [-0.39, 0.29) is 15.9 Å². The van der Waals surface area contributed by atoms with E-state index in [1.165, 1.54) is 6.92 Å². The Hall–Kier alpha value is -1.29. The predicted octanol–water partition coefficient (Wildman–Crippen LogP) is 2.92. The van der Waals surface area contributed by atoms with Gasteiger partial charge in [-0.25, -0.2) is 4.98 Å². The number of rotatable bonds is 1. The predicted molar refractivity (Wildman–Crippen MR) is 48.1 cm³/mol. The fourth-order valence-electron chi connectivity index (χ4n) is 0.950. The van der Waals surface area contributed by atoms with Gasteiger partial charge in [0, 0.05) is 0 Å². The normalized spacial score (nSPS) is 10.9. The fraction of sp³-hybridized carbons (Fsp3) is 0.250. The van der Waals surface area contributed by atoms with Gasteiger partial charge in [0.2, 0.25) is 0 Å². The molecule has 7 heteroatoms. The fourth-order valence-corrected chi connectivity index (χ4v) is 1.45. The molecule has 0 amide bonds. The van der Waals surface area contributed by atoms with Crippen molar-refractivity contribution in [3.8, 4) is 11.8 Å². The number of pyridine rings is 1. The molecule has 0 fully saturated rings. The van der Waals surface area contributed by atoms with Crippen molar-refractivity contribution in [3.63, 3.8) is 0 Å². The zero-order chi connectivity index (χ0) is 11.6. The second-order valence-electron chi connectivity index (χ2n) is 2.57. The van der Waals surface area contributed by atoms with Crippen molar-refractivity contribution in [2.24, 2.45) is 0 Å². The van der Waals surface area contributed by atoms with Crippen molar-refractivity contribution < 1.29 is 17.9 Å². The molecule has 0 aliphatic carbocycles. The molecule has 0 N–H and O–H groups in total. The Morgan fingerprint density at radius 3 is 2.60 bits per heavy atom. The first kappa shape index (κ1) is 11.8. The minimum Gasteiger partial charge on any atom is -0.402 e. The molecule has 1 aromatic heterocycles. The van der Waals surface area contributed by atoms with Gasteiger partial charge in [0.25, 0.3) is 0 Å². The Morgan fingerprint density at radius 2 is 2.13 bits per heavy atom. The minimum absolute atomic E-state index is 0.00162. The Balaban J connectivity index is 3.23. The Labute approximate surface area is 91.6 Å². The second kappa shape index (κ2) is 4.06. The third kappa shape index (κ3) is 3.09. The molecule has 0 unspecified atom stereocenters. The van der Waals surface area contributed by atoms with Crippen molar-refractivity contribution in [1.82, 2.24) is 4.98 Å². The molecular formula is C8H4BrF3N2O. The standard InChI is InChI=1S/C8H4BrF3N2O/c1-4-7(15-8(10,11)12)5(3-13)2-6(9)14-4/h2H,1H3. The van der Waals surface area contributed by atoms with Crippen LogP contribution in [0.15, 0.2) is 10.7 Å². The van der Waals surface area contributed by atoms with E-state index in [2.05, 4.69) is 25.7 Å². The number of hydrogen-bond acceptors (Lipinski definition) is 3. The van der Waals surface area contributed by atoms with Gasteiger partial charge in [-0.05, 0) is 28.9 Å². The molecule has 15 heavy (non-hydrogen) atoms. The van der Waals surface area contributed by atoms with E-state index in [9.17, 15) is 13.2 Å². The summed E-state index contributed by atoms with van der Waals surface area (Å²) in [5.41, 5.74) is -0.218. The summed E-state index contributed by atoms with van der Waals surface area (Å²) in [6, 6.07) is 2.77. The number of aryl methyl sites for hydroxylation is 1. The molecule has 0 aromatic carbocycles. The number of ether oxygens (including phenoxy) is 1. The summed E-state index contributed by atoms with van der Waals surface area (Å²) in [6.07, 6.45) is -4.83. The van der Waals surface area contributed by atoms with E-state index in [1.54, 1.807) is 6.07 Å². The van der Waals surface area contributed by atoms with E-state index in [0.29, 0.717) is 0 Å². The number of halogens is 4. The van der Waals surface area contributed by atoms with Crippen LogP contribution in [0, 0.1) is 18.3 Å². The monoisotopic (exact) mass is 280 g/mol. The molecule has 1 aromatic rings. The highest BCUT2D eigenvalue weighted by molar-refractivity contribution is 9.10. The molecule has 1 heterocycles. The molecule has 0 atom stereocenters. The topological polar surface area (TPSA) is 45.9 Å². The van der Waals surface area contributed by atoms with Crippen LogP contribution in [0.5, 0.6) is 5.75 Å². The first-order valence-corrected chi connectivity index (χ1v) is 4.46. The third-order valence-corrected chi connectivity index (χ3v) is 1.86. The average molecular weight is 281 g/mol. The van der Waals surface area contributed by atoms with Crippen molar-refractivity contribution >= 4 is 15.9 Å². The quantitative estimate of drug-likeness (QED) is 0.743. The molecule has 0 aliphatic rings. The molecule has 0 bridgehead atoms. The van der Waals surface area contributed by atoms with Crippen molar-refractivity contribution in [2.75, 3.05) is 0 Å². The molecule has 0 spiro atoms. The maximum absolute atomic E-state index is 12.0. The van der Waals surface area contributed by atoms with Crippen LogP contribution in [0.1, 0.15) is 11.3 Å². The Bertz CT molecular complexity index is 425. The number of alkyl halides is 3. The molecule has 80 valence electrons. The maximum Gasteiger partial charge on any atom is 0.573 e. The first-order chi connectivity index (χ1) is 6.83. The lowest BCUT2D eigenvalue weighted by Gasteiger charge is -2.12. The van der Waals surface area contributed by atoms with E-state index in [0.717, 1.165) is 6.07 Å².